The molecule has 0 aliphatic rings. The van der Waals surface area contributed by atoms with Crippen molar-refractivity contribution in [3.8, 4) is 0 Å². The Kier molecular flexibility index (Phi) is 3.01. The van der Waals surface area contributed by atoms with Crippen molar-refractivity contribution < 1.29 is 4.92 Å². The molecule has 5 nitrogen and oxygen atoms in total. The molecular weight excluding hydrogens is 254 g/mol. The first-order valence-corrected chi connectivity index (χ1v) is 6.09. The van der Waals surface area contributed by atoms with Crippen LogP contribution in [0, 0.1) is 10.1 Å². The minimum absolute atomic E-state index is 0.0835. The molecule has 0 saturated heterocycles. The molecule has 0 N–H and O–H groups in total. The van der Waals surface area contributed by atoms with Crippen molar-refractivity contribution in [1.82, 2.24) is 9.38 Å². The fourth-order valence-electron chi connectivity index (χ4n) is 2.00. The maximum Gasteiger partial charge on any atom is 0.270 e. The van der Waals surface area contributed by atoms with E-state index < -0.39 is 4.92 Å². The van der Waals surface area contributed by atoms with Crippen LogP contribution in [0.4, 0.5) is 5.69 Å². The summed E-state index contributed by atoms with van der Waals surface area (Å²) in [6.45, 7) is 0. The van der Waals surface area contributed by atoms with Crippen molar-refractivity contribution in [2.24, 2.45) is 0 Å². The quantitative estimate of drug-likeness (QED) is 0.538. The van der Waals surface area contributed by atoms with E-state index in [1.165, 1.54) is 12.1 Å². The highest BCUT2D eigenvalue weighted by atomic mass is 16.6. The molecule has 2 heterocycles. The van der Waals surface area contributed by atoms with Gasteiger partial charge in [0, 0.05) is 18.3 Å². The summed E-state index contributed by atoms with van der Waals surface area (Å²) in [5.74, 6) is 0.784. The van der Waals surface area contributed by atoms with Crippen LogP contribution in [-0.4, -0.2) is 14.3 Å². The topological polar surface area (TPSA) is 60.4 Å². The molecule has 3 aromatic rings. The first kappa shape index (κ1) is 12.1. The smallest absolute Gasteiger partial charge is 0.270 e. The van der Waals surface area contributed by atoms with Crippen LogP contribution in [0.2, 0.25) is 0 Å². The predicted octanol–water partition coefficient (Wildman–Crippen LogP) is 3.41. The van der Waals surface area contributed by atoms with E-state index in [0.29, 0.717) is 0 Å². The van der Waals surface area contributed by atoms with Gasteiger partial charge in [0.15, 0.2) is 0 Å². The summed E-state index contributed by atoms with van der Waals surface area (Å²) in [5.41, 5.74) is 1.86. The number of aromatic nitrogens is 2. The molecular formula is C15H11N3O2. The number of benzene rings is 1. The lowest BCUT2D eigenvalue weighted by Crippen LogP contribution is -1.88. The van der Waals surface area contributed by atoms with Gasteiger partial charge in [-0.25, -0.2) is 4.98 Å². The van der Waals surface area contributed by atoms with Crippen molar-refractivity contribution in [3.63, 3.8) is 0 Å². The Hall–Kier alpha value is -2.95. The summed E-state index contributed by atoms with van der Waals surface area (Å²) in [5, 5.41) is 10.7. The molecule has 0 aliphatic heterocycles. The molecule has 0 unspecified atom stereocenters. The minimum Gasteiger partial charge on any atom is -0.300 e. The molecule has 0 amide bonds. The molecule has 2 aromatic heterocycles. The standard InChI is InChI=1S/C15H11N3O2/c19-18(20)13-6-3-4-12(10-13)7-8-15-16-11-14-5-1-2-9-17(14)15/h1-11H. The van der Waals surface area contributed by atoms with E-state index in [1.807, 2.05) is 47.0 Å². The molecule has 0 bridgehead atoms. The number of fused-ring (bicyclic) bond motifs is 1. The highest BCUT2D eigenvalue weighted by Gasteiger charge is 2.04. The Morgan fingerprint density at radius 2 is 2.05 bits per heavy atom. The summed E-state index contributed by atoms with van der Waals surface area (Å²) in [6, 6.07) is 12.3. The number of hydrogen-bond donors (Lipinski definition) is 0. The number of nitro benzene ring substituents is 1. The number of rotatable bonds is 3. The lowest BCUT2D eigenvalue weighted by molar-refractivity contribution is -0.384. The zero-order valence-corrected chi connectivity index (χ0v) is 10.5. The normalized spacial score (nSPS) is 11.2. The van der Waals surface area contributed by atoms with Crippen molar-refractivity contribution in [3.05, 3.63) is 76.4 Å². The van der Waals surface area contributed by atoms with Gasteiger partial charge < -0.3 is 4.40 Å². The van der Waals surface area contributed by atoms with Gasteiger partial charge >= 0.3 is 0 Å². The molecule has 0 atom stereocenters. The zero-order valence-electron chi connectivity index (χ0n) is 10.5. The van der Waals surface area contributed by atoms with E-state index in [0.717, 1.165) is 16.9 Å². The van der Waals surface area contributed by atoms with Crippen molar-refractivity contribution in [1.29, 1.82) is 0 Å². The highest BCUT2D eigenvalue weighted by molar-refractivity contribution is 5.69. The fraction of sp³-hybridized carbons (Fsp3) is 0. The summed E-state index contributed by atoms with van der Waals surface area (Å²) >= 11 is 0. The maximum atomic E-state index is 10.7. The SMILES string of the molecule is O=[N+]([O-])c1cccc(C=Cc2ncc3ccccn23)c1. The molecule has 98 valence electrons. The second kappa shape index (κ2) is 4.97. The molecule has 1 aromatic carbocycles. The van der Waals surface area contributed by atoms with Gasteiger partial charge in [0.1, 0.15) is 5.82 Å². The van der Waals surface area contributed by atoms with Gasteiger partial charge in [0.25, 0.3) is 5.69 Å². The van der Waals surface area contributed by atoms with Crippen molar-refractivity contribution in [2.75, 3.05) is 0 Å². The molecule has 0 spiro atoms. The molecule has 0 fully saturated rings. The van der Waals surface area contributed by atoms with Crippen LogP contribution in [0.1, 0.15) is 11.4 Å². The van der Waals surface area contributed by atoms with E-state index in [1.54, 1.807) is 12.3 Å². The van der Waals surface area contributed by atoms with Gasteiger partial charge in [-0.15, -0.1) is 0 Å². The number of hydrogen-bond acceptors (Lipinski definition) is 3. The average Bonchev–Trinajstić information content (AvgIpc) is 2.89. The summed E-state index contributed by atoms with van der Waals surface area (Å²) in [7, 11) is 0. The van der Waals surface area contributed by atoms with Gasteiger partial charge in [0.2, 0.25) is 0 Å². The van der Waals surface area contributed by atoms with Crippen LogP contribution in [0.15, 0.2) is 54.9 Å². The van der Waals surface area contributed by atoms with E-state index >= 15 is 0 Å². The molecule has 0 saturated carbocycles. The number of pyridine rings is 1. The van der Waals surface area contributed by atoms with Gasteiger partial charge in [-0.2, -0.15) is 0 Å². The summed E-state index contributed by atoms with van der Waals surface area (Å²) in [6.07, 6.45) is 7.36. The number of non-ortho nitro benzene ring substituents is 1. The van der Waals surface area contributed by atoms with E-state index in [-0.39, 0.29) is 5.69 Å². The number of nitrogens with zero attached hydrogens (tertiary/aromatic N) is 3. The molecule has 3 rings (SSSR count). The fourth-order valence-corrected chi connectivity index (χ4v) is 2.00. The van der Waals surface area contributed by atoms with Crippen LogP contribution in [0.5, 0.6) is 0 Å². The molecule has 5 heteroatoms. The zero-order chi connectivity index (χ0) is 13.9. The molecule has 0 radical (unpaired) electrons. The van der Waals surface area contributed by atoms with Crippen LogP contribution in [0.25, 0.3) is 17.7 Å². The van der Waals surface area contributed by atoms with Crippen LogP contribution in [0.3, 0.4) is 0 Å². The summed E-state index contributed by atoms with van der Waals surface area (Å²) < 4.78 is 1.95. The monoisotopic (exact) mass is 265 g/mol. The third-order valence-corrected chi connectivity index (χ3v) is 2.97. The molecule has 0 aliphatic carbocycles. The van der Waals surface area contributed by atoms with E-state index in [4.69, 9.17) is 0 Å². The lowest BCUT2D eigenvalue weighted by Gasteiger charge is -1.96. The third-order valence-electron chi connectivity index (χ3n) is 2.97. The second-order valence-corrected chi connectivity index (χ2v) is 4.30. The Morgan fingerprint density at radius 1 is 1.15 bits per heavy atom. The largest absolute Gasteiger partial charge is 0.300 e. The Labute approximate surface area is 115 Å². The first-order chi connectivity index (χ1) is 9.74. The van der Waals surface area contributed by atoms with Crippen molar-refractivity contribution in [2.45, 2.75) is 0 Å². The highest BCUT2D eigenvalue weighted by Crippen LogP contribution is 2.16. The van der Waals surface area contributed by atoms with Gasteiger partial charge in [-0.1, -0.05) is 24.3 Å². The van der Waals surface area contributed by atoms with Gasteiger partial charge in [-0.3, -0.25) is 10.1 Å². The Morgan fingerprint density at radius 3 is 2.90 bits per heavy atom. The Bertz CT molecular complexity index is 805. The number of nitro groups is 1. The number of imidazole rings is 1. The first-order valence-electron chi connectivity index (χ1n) is 6.09. The van der Waals surface area contributed by atoms with E-state index in [2.05, 4.69) is 4.98 Å². The van der Waals surface area contributed by atoms with E-state index in [9.17, 15) is 10.1 Å². The van der Waals surface area contributed by atoms with Crippen molar-refractivity contribution >= 4 is 23.4 Å². The van der Waals surface area contributed by atoms with Crippen LogP contribution in [-0.2, 0) is 0 Å². The lowest BCUT2D eigenvalue weighted by atomic mass is 10.2. The minimum atomic E-state index is -0.401. The van der Waals surface area contributed by atoms with Crippen LogP contribution < -0.4 is 0 Å². The van der Waals surface area contributed by atoms with Crippen LogP contribution >= 0.6 is 0 Å². The summed E-state index contributed by atoms with van der Waals surface area (Å²) in [4.78, 5) is 14.6. The second-order valence-electron chi connectivity index (χ2n) is 4.30. The average molecular weight is 265 g/mol. The Balaban J connectivity index is 1.94. The third kappa shape index (κ3) is 2.29. The van der Waals surface area contributed by atoms with Gasteiger partial charge in [-0.05, 0) is 23.8 Å². The van der Waals surface area contributed by atoms with Gasteiger partial charge in [0.05, 0.1) is 16.6 Å². The maximum absolute atomic E-state index is 10.7. The predicted molar refractivity (Wildman–Crippen MR) is 77.2 cm³/mol. The molecule has 20 heavy (non-hydrogen) atoms.